The van der Waals surface area contributed by atoms with E-state index in [4.69, 9.17) is 4.52 Å². The summed E-state index contributed by atoms with van der Waals surface area (Å²) in [6.45, 7) is 8.75. The van der Waals surface area contributed by atoms with Crippen LogP contribution in [0.25, 0.3) is 0 Å². The van der Waals surface area contributed by atoms with Crippen LogP contribution < -0.4 is 0 Å². The van der Waals surface area contributed by atoms with Crippen LogP contribution in [0.1, 0.15) is 41.0 Å². The number of hydrogen-bond donors (Lipinski definition) is 0. The number of piperazine rings is 1. The second-order valence-electron chi connectivity index (χ2n) is 8.61. The number of aromatic nitrogens is 1. The molecule has 10 heteroatoms. The normalized spacial score (nSPS) is 15.0. The van der Waals surface area contributed by atoms with Crippen LogP contribution in [-0.4, -0.2) is 72.7 Å². The van der Waals surface area contributed by atoms with Crippen LogP contribution in [0.3, 0.4) is 0 Å². The van der Waals surface area contributed by atoms with Crippen molar-refractivity contribution in [1.82, 2.24) is 19.3 Å². The summed E-state index contributed by atoms with van der Waals surface area (Å²) in [4.78, 5) is 28.6. The number of aryl methyl sites for hydroxylation is 4. The third kappa shape index (κ3) is 5.62. The molecule has 2 aromatic rings. The number of nitrogens with zero attached hydrogens (tertiary/aromatic N) is 4. The van der Waals surface area contributed by atoms with Crippen molar-refractivity contribution < 1.29 is 22.5 Å². The molecule has 0 atom stereocenters. The fraction of sp³-hybridized carbons (Fsp3) is 0.522. The van der Waals surface area contributed by atoms with E-state index in [1.54, 1.807) is 36.8 Å². The van der Waals surface area contributed by atoms with Gasteiger partial charge in [0.05, 0.1) is 17.1 Å². The van der Waals surface area contributed by atoms with Gasteiger partial charge in [-0.1, -0.05) is 17.3 Å². The van der Waals surface area contributed by atoms with Crippen LogP contribution in [-0.2, 0) is 26.2 Å². The Balaban J connectivity index is 1.51. The predicted octanol–water partition coefficient (Wildman–Crippen LogP) is 2.18. The molecular weight excluding hydrogens is 444 g/mol. The monoisotopic (exact) mass is 476 g/mol. The van der Waals surface area contributed by atoms with E-state index >= 15 is 0 Å². The highest BCUT2D eigenvalue weighted by Crippen LogP contribution is 2.23. The minimum atomic E-state index is -3.61. The minimum absolute atomic E-state index is 0.0918. The van der Waals surface area contributed by atoms with Crippen molar-refractivity contribution in [3.8, 4) is 0 Å². The number of carbonyl (C=O) groups is 2. The fourth-order valence-electron chi connectivity index (χ4n) is 3.92. The van der Waals surface area contributed by atoms with Crippen molar-refractivity contribution in [2.45, 2.75) is 52.0 Å². The SMILES string of the molecule is Cc1ccc(C)c(S(=O)(=O)N2CCN(C(=O)CCC(=O)N(C)Cc3c(C)noc3C)CC2)c1. The maximum atomic E-state index is 13.1. The van der Waals surface area contributed by atoms with Crippen LogP contribution in [0.2, 0.25) is 0 Å². The third-order valence-electron chi connectivity index (χ3n) is 6.11. The van der Waals surface area contributed by atoms with E-state index in [1.807, 2.05) is 26.0 Å². The topological polar surface area (TPSA) is 104 Å². The van der Waals surface area contributed by atoms with Gasteiger partial charge in [-0.15, -0.1) is 0 Å². The quantitative estimate of drug-likeness (QED) is 0.607. The van der Waals surface area contributed by atoms with Crippen LogP contribution in [0.15, 0.2) is 27.6 Å². The molecule has 0 radical (unpaired) electrons. The molecular formula is C23H32N4O5S. The maximum absolute atomic E-state index is 13.1. The zero-order valence-corrected chi connectivity index (χ0v) is 20.7. The Kier molecular flexibility index (Phi) is 7.58. The number of sulfonamides is 1. The van der Waals surface area contributed by atoms with Crippen LogP contribution in [0.5, 0.6) is 0 Å². The zero-order chi connectivity index (χ0) is 24.3. The highest BCUT2D eigenvalue weighted by atomic mass is 32.2. The predicted molar refractivity (Wildman–Crippen MR) is 123 cm³/mol. The van der Waals surface area contributed by atoms with Crippen molar-refractivity contribution >= 4 is 21.8 Å². The molecule has 9 nitrogen and oxygen atoms in total. The molecule has 0 bridgehead atoms. The van der Waals surface area contributed by atoms with Crippen molar-refractivity contribution in [3.63, 3.8) is 0 Å². The van der Waals surface area contributed by atoms with Crippen molar-refractivity contribution in [2.75, 3.05) is 33.2 Å². The molecule has 2 amide bonds. The van der Waals surface area contributed by atoms with Gasteiger partial charge in [-0.25, -0.2) is 8.42 Å². The van der Waals surface area contributed by atoms with Gasteiger partial charge >= 0.3 is 0 Å². The van der Waals surface area contributed by atoms with Gasteiger partial charge in [0.2, 0.25) is 21.8 Å². The molecule has 3 rings (SSSR count). The molecule has 1 aliphatic heterocycles. The molecule has 0 aliphatic carbocycles. The second kappa shape index (κ2) is 10.0. The lowest BCUT2D eigenvalue weighted by Crippen LogP contribution is -2.50. The Hall–Kier alpha value is -2.72. The standard InChI is InChI=1S/C23H32N4O5S/c1-16-6-7-17(2)21(14-16)33(30,31)27-12-10-26(11-13-27)23(29)9-8-22(28)25(5)15-20-18(3)24-32-19(20)4/h6-7,14H,8-13,15H2,1-5H3. The lowest BCUT2D eigenvalue weighted by Gasteiger charge is -2.34. The molecule has 1 saturated heterocycles. The van der Waals surface area contributed by atoms with Gasteiger partial charge in [0.1, 0.15) is 5.76 Å². The smallest absolute Gasteiger partial charge is 0.243 e. The molecule has 180 valence electrons. The Labute approximate surface area is 195 Å². The Morgan fingerprint density at radius 2 is 1.73 bits per heavy atom. The lowest BCUT2D eigenvalue weighted by molar-refractivity contribution is -0.137. The van der Waals surface area contributed by atoms with Gasteiger partial charge in [-0.05, 0) is 44.9 Å². The summed E-state index contributed by atoms with van der Waals surface area (Å²) < 4.78 is 32.7. The highest BCUT2D eigenvalue weighted by molar-refractivity contribution is 7.89. The van der Waals surface area contributed by atoms with E-state index in [-0.39, 0.29) is 37.7 Å². The summed E-state index contributed by atoms with van der Waals surface area (Å²) in [5.74, 6) is 0.397. The Morgan fingerprint density at radius 3 is 2.33 bits per heavy atom. The van der Waals surface area contributed by atoms with Gasteiger partial charge in [0, 0.05) is 51.6 Å². The highest BCUT2D eigenvalue weighted by Gasteiger charge is 2.31. The zero-order valence-electron chi connectivity index (χ0n) is 19.9. The summed E-state index contributed by atoms with van der Waals surface area (Å²) in [6, 6.07) is 5.38. The Morgan fingerprint density at radius 1 is 1.06 bits per heavy atom. The first-order valence-electron chi connectivity index (χ1n) is 11.0. The lowest BCUT2D eigenvalue weighted by atomic mass is 10.2. The first-order chi connectivity index (χ1) is 15.5. The largest absolute Gasteiger partial charge is 0.361 e. The Bertz CT molecular complexity index is 1110. The average molecular weight is 477 g/mol. The van der Waals surface area contributed by atoms with Crippen LogP contribution in [0, 0.1) is 27.7 Å². The first kappa shape index (κ1) is 24.9. The number of rotatable bonds is 7. The van der Waals surface area contributed by atoms with E-state index in [2.05, 4.69) is 5.16 Å². The summed E-state index contributed by atoms with van der Waals surface area (Å²) in [7, 11) is -1.92. The number of benzene rings is 1. The minimum Gasteiger partial charge on any atom is -0.361 e. The van der Waals surface area contributed by atoms with Crippen molar-refractivity contribution in [1.29, 1.82) is 0 Å². The van der Waals surface area contributed by atoms with Crippen LogP contribution >= 0.6 is 0 Å². The van der Waals surface area contributed by atoms with Crippen molar-refractivity contribution in [2.24, 2.45) is 0 Å². The first-order valence-corrected chi connectivity index (χ1v) is 12.5. The maximum Gasteiger partial charge on any atom is 0.243 e. The van der Waals surface area contributed by atoms with E-state index in [1.165, 1.54) is 4.31 Å². The average Bonchev–Trinajstić information content (AvgIpc) is 3.10. The molecule has 33 heavy (non-hydrogen) atoms. The molecule has 1 aromatic heterocycles. The summed E-state index contributed by atoms with van der Waals surface area (Å²) in [6.07, 6.45) is 0.189. The summed E-state index contributed by atoms with van der Waals surface area (Å²) in [5.41, 5.74) is 3.21. The number of carbonyl (C=O) groups excluding carboxylic acids is 2. The summed E-state index contributed by atoms with van der Waals surface area (Å²) in [5, 5.41) is 3.90. The number of hydrogen-bond acceptors (Lipinski definition) is 6. The second-order valence-corrected chi connectivity index (χ2v) is 10.5. The van der Waals surface area contributed by atoms with E-state index in [0.717, 1.165) is 16.8 Å². The molecule has 0 unspecified atom stereocenters. The van der Waals surface area contributed by atoms with E-state index in [0.29, 0.717) is 35.9 Å². The number of amides is 2. The molecule has 0 N–H and O–H groups in total. The third-order valence-corrected chi connectivity index (χ3v) is 8.15. The van der Waals surface area contributed by atoms with Gasteiger partial charge in [-0.2, -0.15) is 4.31 Å². The van der Waals surface area contributed by atoms with E-state index in [9.17, 15) is 18.0 Å². The van der Waals surface area contributed by atoms with Gasteiger partial charge in [-0.3, -0.25) is 9.59 Å². The molecule has 1 aromatic carbocycles. The molecule has 0 spiro atoms. The van der Waals surface area contributed by atoms with Gasteiger partial charge in [0.15, 0.2) is 0 Å². The summed E-state index contributed by atoms with van der Waals surface area (Å²) >= 11 is 0. The molecule has 0 saturated carbocycles. The van der Waals surface area contributed by atoms with E-state index < -0.39 is 10.0 Å². The molecule has 2 heterocycles. The molecule has 1 aliphatic rings. The van der Waals surface area contributed by atoms with Crippen LogP contribution in [0.4, 0.5) is 0 Å². The molecule has 1 fully saturated rings. The van der Waals surface area contributed by atoms with Crippen molar-refractivity contribution in [3.05, 3.63) is 46.3 Å². The van der Waals surface area contributed by atoms with Gasteiger partial charge < -0.3 is 14.3 Å². The van der Waals surface area contributed by atoms with Gasteiger partial charge in [0.25, 0.3) is 0 Å². The fourth-order valence-corrected chi connectivity index (χ4v) is 5.65.